The van der Waals surface area contributed by atoms with E-state index in [0.717, 1.165) is 11.3 Å². The topological polar surface area (TPSA) is 68.0 Å². The Morgan fingerprint density at radius 3 is 2.94 bits per heavy atom. The number of nitrogens with zero attached hydrogens (tertiary/aromatic N) is 1. The molecule has 0 bridgehead atoms. The number of carbonyl (C=O) groups is 1. The number of hydrogen-bond acceptors (Lipinski definition) is 4. The number of aromatic nitrogens is 1. The van der Waals surface area contributed by atoms with Crippen LogP contribution in [-0.2, 0) is 0 Å². The van der Waals surface area contributed by atoms with Crippen molar-refractivity contribution in [1.29, 1.82) is 0 Å². The number of aryl methyl sites for hydroxylation is 1. The second-order valence-corrected chi connectivity index (χ2v) is 4.28. The van der Waals surface area contributed by atoms with Crippen molar-refractivity contribution in [3.63, 3.8) is 0 Å². The number of rotatable bonds is 2. The maximum Gasteiger partial charge on any atom is 0.275 e. The molecular formula is C11H11N3OS. The standard InChI is InChI=1S/C11H11N3OS/c1-7-3-2-4-8(5-7)13-10(15)9-6-16-11(12)14-9/h2-6H,1H3,(H2,12,14)(H,13,15). The molecule has 0 radical (unpaired) electrons. The summed E-state index contributed by atoms with van der Waals surface area (Å²) in [5, 5.41) is 4.80. The largest absolute Gasteiger partial charge is 0.375 e. The molecule has 0 aliphatic carbocycles. The Bertz CT molecular complexity index is 521. The monoisotopic (exact) mass is 233 g/mol. The number of nitrogens with one attached hydrogen (secondary N) is 1. The Morgan fingerprint density at radius 1 is 1.50 bits per heavy atom. The van der Waals surface area contributed by atoms with E-state index in [1.807, 2.05) is 31.2 Å². The predicted octanol–water partition coefficient (Wildman–Crippen LogP) is 2.29. The zero-order chi connectivity index (χ0) is 11.5. The maximum absolute atomic E-state index is 11.7. The van der Waals surface area contributed by atoms with Gasteiger partial charge < -0.3 is 11.1 Å². The molecule has 1 aromatic carbocycles. The summed E-state index contributed by atoms with van der Waals surface area (Å²) in [5.41, 5.74) is 7.67. The van der Waals surface area contributed by atoms with Crippen LogP contribution < -0.4 is 11.1 Å². The zero-order valence-corrected chi connectivity index (χ0v) is 9.54. The van der Waals surface area contributed by atoms with Gasteiger partial charge in [0, 0.05) is 11.1 Å². The first kappa shape index (κ1) is 10.6. The molecule has 3 N–H and O–H groups in total. The lowest BCUT2D eigenvalue weighted by atomic mass is 10.2. The fraction of sp³-hybridized carbons (Fsp3) is 0.0909. The Morgan fingerprint density at radius 2 is 2.31 bits per heavy atom. The minimum Gasteiger partial charge on any atom is -0.375 e. The number of amides is 1. The maximum atomic E-state index is 11.7. The smallest absolute Gasteiger partial charge is 0.275 e. The third-order valence-electron chi connectivity index (χ3n) is 2.03. The molecule has 0 fully saturated rings. The van der Waals surface area contributed by atoms with Crippen molar-refractivity contribution in [3.05, 3.63) is 40.9 Å². The van der Waals surface area contributed by atoms with E-state index < -0.39 is 0 Å². The van der Waals surface area contributed by atoms with Gasteiger partial charge in [-0.15, -0.1) is 11.3 Å². The fourth-order valence-corrected chi connectivity index (χ4v) is 1.85. The third kappa shape index (κ3) is 2.38. The van der Waals surface area contributed by atoms with Crippen molar-refractivity contribution in [1.82, 2.24) is 4.98 Å². The number of hydrogen-bond donors (Lipinski definition) is 2. The van der Waals surface area contributed by atoms with Crippen LogP contribution in [-0.4, -0.2) is 10.9 Å². The van der Waals surface area contributed by atoms with Crippen LogP contribution in [0.3, 0.4) is 0 Å². The normalized spacial score (nSPS) is 10.1. The molecule has 1 heterocycles. The molecule has 4 nitrogen and oxygen atoms in total. The first-order chi connectivity index (χ1) is 7.65. The van der Waals surface area contributed by atoms with Crippen LogP contribution in [0.15, 0.2) is 29.6 Å². The van der Waals surface area contributed by atoms with Crippen molar-refractivity contribution < 1.29 is 4.79 Å². The summed E-state index contributed by atoms with van der Waals surface area (Å²) >= 11 is 1.25. The molecule has 0 spiro atoms. The van der Waals surface area contributed by atoms with Crippen LogP contribution in [0.2, 0.25) is 0 Å². The molecular weight excluding hydrogens is 222 g/mol. The van der Waals surface area contributed by atoms with Gasteiger partial charge in [0.2, 0.25) is 0 Å². The average Bonchev–Trinajstić information content (AvgIpc) is 2.65. The molecule has 1 amide bonds. The fourth-order valence-electron chi connectivity index (χ4n) is 1.31. The van der Waals surface area contributed by atoms with Crippen LogP contribution in [0.4, 0.5) is 10.8 Å². The molecule has 0 unspecified atom stereocenters. The highest BCUT2D eigenvalue weighted by Gasteiger charge is 2.09. The number of carbonyl (C=O) groups excluding carboxylic acids is 1. The average molecular weight is 233 g/mol. The molecule has 1 aromatic heterocycles. The van der Waals surface area contributed by atoms with E-state index >= 15 is 0 Å². The van der Waals surface area contributed by atoms with Gasteiger partial charge in [0.05, 0.1) is 0 Å². The number of anilines is 2. The van der Waals surface area contributed by atoms with E-state index in [-0.39, 0.29) is 5.91 Å². The molecule has 0 aliphatic rings. The quantitative estimate of drug-likeness (QED) is 0.836. The highest BCUT2D eigenvalue weighted by Crippen LogP contribution is 2.14. The Labute approximate surface area is 97.1 Å². The SMILES string of the molecule is Cc1cccc(NC(=O)c2csc(N)n2)c1. The van der Waals surface area contributed by atoms with Crippen LogP contribution in [0, 0.1) is 6.92 Å². The van der Waals surface area contributed by atoms with Gasteiger partial charge in [-0.1, -0.05) is 12.1 Å². The minimum absolute atomic E-state index is 0.237. The second kappa shape index (κ2) is 4.32. The van der Waals surface area contributed by atoms with Gasteiger partial charge in [-0.2, -0.15) is 0 Å². The number of thiazole rings is 1. The lowest BCUT2D eigenvalue weighted by Gasteiger charge is -2.03. The van der Waals surface area contributed by atoms with Gasteiger partial charge in [0.25, 0.3) is 5.91 Å². The van der Waals surface area contributed by atoms with E-state index in [2.05, 4.69) is 10.3 Å². The number of benzene rings is 1. The van der Waals surface area contributed by atoms with Crippen molar-refractivity contribution in [3.8, 4) is 0 Å². The highest BCUT2D eigenvalue weighted by atomic mass is 32.1. The lowest BCUT2D eigenvalue weighted by molar-refractivity contribution is 0.102. The minimum atomic E-state index is -0.237. The van der Waals surface area contributed by atoms with Crippen LogP contribution >= 0.6 is 11.3 Å². The molecule has 82 valence electrons. The van der Waals surface area contributed by atoms with Crippen molar-refractivity contribution >= 4 is 28.1 Å². The molecule has 0 saturated carbocycles. The van der Waals surface area contributed by atoms with Crippen molar-refractivity contribution in [2.45, 2.75) is 6.92 Å². The van der Waals surface area contributed by atoms with Crippen LogP contribution in [0.5, 0.6) is 0 Å². The number of nitrogens with two attached hydrogens (primary N) is 1. The summed E-state index contributed by atoms with van der Waals surface area (Å²) in [6, 6.07) is 7.59. The molecule has 16 heavy (non-hydrogen) atoms. The van der Waals surface area contributed by atoms with Gasteiger partial charge in [0.1, 0.15) is 5.69 Å². The van der Waals surface area contributed by atoms with Crippen LogP contribution in [0.1, 0.15) is 16.1 Å². The molecule has 5 heteroatoms. The molecule has 0 atom stereocenters. The summed E-state index contributed by atoms with van der Waals surface area (Å²) in [6.07, 6.45) is 0. The van der Waals surface area contributed by atoms with E-state index in [9.17, 15) is 4.79 Å². The van der Waals surface area contributed by atoms with E-state index in [0.29, 0.717) is 10.8 Å². The summed E-state index contributed by atoms with van der Waals surface area (Å²) in [7, 11) is 0. The molecule has 2 rings (SSSR count). The first-order valence-corrected chi connectivity index (χ1v) is 5.62. The molecule has 2 aromatic rings. The van der Waals surface area contributed by atoms with Gasteiger partial charge >= 0.3 is 0 Å². The van der Waals surface area contributed by atoms with E-state index in [4.69, 9.17) is 5.73 Å². The Hall–Kier alpha value is -1.88. The van der Waals surface area contributed by atoms with Crippen molar-refractivity contribution in [2.75, 3.05) is 11.1 Å². The zero-order valence-electron chi connectivity index (χ0n) is 8.73. The molecule has 0 aliphatic heterocycles. The molecule has 0 saturated heterocycles. The van der Waals surface area contributed by atoms with E-state index in [1.54, 1.807) is 5.38 Å². The van der Waals surface area contributed by atoms with Gasteiger partial charge in [-0.3, -0.25) is 4.79 Å². The predicted molar refractivity (Wildman–Crippen MR) is 65.7 cm³/mol. The van der Waals surface area contributed by atoms with E-state index in [1.165, 1.54) is 11.3 Å². The summed E-state index contributed by atoms with van der Waals surface area (Å²) in [6.45, 7) is 1.97. The van der Waals surface area contributed by atoms with Gasteiger partial charge in [-0.25, -0.2) is 4.98 Å². The number of nitrogen functional groups attached to an aromatic ring is 1. The lowest BCUT2D eigenvalue weighted by Crippen LogP contribution is -2.12. The van der Waals surface area contributed by atoms with Gasteiger partial charge in [-0.05, 0) is 24.6 Å². The van der Waals surface area contributed by atoms with Crippen molar-refractivity contribution in [2.24, 2.45) is 0 Å². The second-order valence-electron chi connectivity index (χ2n) is 3.39. The summed E-state index contributed by atoms with van der Waals surface area (Å²) in [4.78, 5) is 15.6. The Kier molecular flexibility index (Phi) is 2.87. The summed E-state index contributed by atoms with van der Waals surface area (Å²) < 4.78 is 0. The van der Waals surface area contributed by atoms with Crippen LogP contribution in [0.25, 0.3) is 0 Å². The van der Waals surface area contributed by atoms with Gasteiger partial charge in [0.15, 0.2) is 5.13 Å². The first-order valence-electron chi connectivity index (χ1n) is 4.74. The highest BCUT2D eigenvalue weighted by molar-refractivity contribution is 7.13. The summed E-state index contributed by atoms with van der Waals surface area (Å²) in [5.74, 6) is -0.237. The third-order valence-corrected chi connectivity index (χ3v) is 2.70. The Balaban J connectivity index is 2.13.